The summed E-state index contributed by atoms with van der Waals surface area (Å²) in [6.07, 6.45) is 2.61. The minimum absolute atomic E-state index is 0.536. The molecular weight excluding hydrogens is 254 g/mol. The van der Waals surface area contributed by atoms with Crippen LogP contribution in [0, 0.1) is 0 Å². The van der Waals surface area contributed by atoms with Crippen LogP contribution in [0.1, 0.15) is 11.4 Å². The molecule has 6 nitrogen and oxygen atoms in total. The van der Waals surface area contributed by atoms with Gasteiger partial charge in [-0.15, -0.1) is 5.10 Å². The van der Waals surface area contributed by atoms with Crippen molar-refractivity contribution in [3.63, 3.8) is 0 Å². The molecule has 102 valence electrons. The summed E-state index contributed by atoms with van der Waals surface area (Å²) in [6, 6.07) is 11.8. The molecule has 3 aromatic rings. The molecule has 2 heterocycles. The fourth-order valence-corrected chi connectivity index (χ4v) is 1.97. The van der Waals surface area contributed by atoms with Gasteiger partial charge in [0.25, 0.3) is 0 Å². The van der Waals surface area contributed by atoms with Crippen molar-refractivity contribution in [3.8, 4) is 11.3 Å². The predicted octanol–water partition coefficient (Wildman–Crippen LogP) is 1.48. The minimum atomic E-state index is 0.536. The topological polar surface area (TPSA) is 82.8 Å². The Morgan fingerprint density at radius 1 is 1.15 bits per heavy atom. The third-order valence-electron chi connectivity index (χ3n) is 2.93. The van der Waals surface area contributed by atoms with Crippen LogP contribution in [0.25, 0.3) is 11.3 Å². The number of nitrogens with zero attached hydrogens (tertiary/aromatic N) is 4. The van der Waals surface area contributed by atoms with Gasteiger partial charge in [-0.25, -0.2) is 4.68 Å². The molecule has 0 radical (unpaired) electrons. The van der Waals surface area contributed by atoms with E-state index in [9.17, 15) is 0 Å². The maximum absolute atomic E-state index is 5.49. The molecule has 0 bridgehead atoms. The van der Waals surface area contributed by atoms with Crippen molar-refractivity contribution in [1.29, 1.82) is 0 Å². The number of hydrogen-bond donors (Lipinski definition) is 1. The van der Waals surface area contributed by atoms with Crippen LogP contribution < -0.4 is 5.73 Å². The summed E-state index contributed by atoms with van der Waals surface area (Å²) in [7, 11) is 0. The van der Waals surface area contributed by atoms with Crippen LogP contribution in [0.5, 0.6) is 0 Å². The van der Waals surface area contributed by atoms with Crippen LogP contribution in [0.4, 0.5) is 0 Å². The number of nitrogens with two attached hydrogens (primary N) is 1. The van der Waals surface area contributed by atoms with E-state index in [2.05, 4.69) is 15.5 Å². The molecule has 3 rings (SSSR count). The standard InChI is InChI=1S/C14H15N5O/c15-7-6-12-9-19(18-16-12)10-13-8-14(20-17-13)11-4-2-1-3-5-11/h1-5,8-9H,6-7,10,15H2. The van der Waals surface area contributed by atoms with E-state index in [1.165, 1.54) is 0 Å². The Morgan fingerprint density at radius 3 is 2.80 bits per heavy atom. The average molecular weight is 269 g/mol. The Hall–Kier alpha value is -2.47. The molecule has 0 spiro atoms. The van der Waals surface area contributed by atoms with E-state index in [1.54, 1.807) is 4.68 Å². The van der Waals surface area contributed by atoms with Gasteiger partial charge in [-0.2, -0.15) is 0 Å². The maximum Gasteiger partial charge on any atom is 0.167 e. The highest BCUT2D eigenvalue weighted by molar-refractivity contribution is 5.56. The summed E-state index contributed by atoms with van der Waals surface area (Å²) < 4.78 is 7.08. The zero-order chi connectivity index (χ0) is 13.8. The van der Waals surface area contributed by atoms with Crippen LogP contribution in [-0.2, 0) is 13.0 Å². The van der Waals surface area contributed by atoms with Gasteiger partial charge in [-0.3, -0.25) is 0 Å². The second kappa shape index (κ2) is 5.66. The van der Waals surface area contributed by atoms with E-state index >= 15 is 0 Å². The van der Waals surface area contributed by atoms with E-state index in [0.29, 0.717) is 13.1 Å². The number of hydrogen-bond acceptors (Lipinski definition) is 5. The average Bonchev–Trinajstić information content (AvgIpc) is 3.11. The summed E-state index contributed by atoms with van der Waals surface area (Å²) >= 11 is 0. The molecule has 0 aliphatic heterocycles. The quantitative estimate of drug-likeness (QED) is 0.758. The third kappa shape index (κ3) is 2.75. The van der Waals surface area contributed by atoms with Gasteiger partial charge in [0.2, 0.25) is 0 Å². The lowest BCUT2D eigenvalue weighted by atomic mass is 10.2. The van der Waals surface area contributed by atoms with E-state index in [-0.39, 0.29) is 0 Å². The van der Waals surface area contributed by atoms with Crippen molar-refractivity contribution < 1.29 is 4.52 Å². The molecule has 0 amide bonds. The zero-order valence-electron chi connectivity index (χ0n) is 10.9. The van der Waals surface area contributed by atoms with Gasteiger partial charge in [-0.05, 0) is 6.54 Å². The Bertz CT molecular complexity index is 674. The smallest absolute Gasteiger partial charge is 0.167 e. The number of aromatic nitrogens is 4. The summed E-state index contributed by atoms with van der Waals surface area (Å²) in [5, 5.41) is 12.1. The van der Waals surface area contributed by atoms with Crippen molar-refractivity contribution in [1.82, 2.24) is 20.2 Å². The van der Waals surface area contributed by atoms with Gasteiger partial charge in [0.15, 0.2) is 5.76 Å². The first-order valence-electron chi connectivity index (χ1n) is 6.45. The minimum Gasteiger partial charge on any atom is -0.356 e. The summed E-state index contributed by atoms with van der Waals surface area (Å²) in [6.45, 7) is 1.11. The van der Waals surface area contributed by atoms with Crippen molar-refractivity contribution in [2.75, 3.05) is 6.54 Å². The Kier molecular flexibility index (Phi) is 3.56. The normalized spacial score (nSPS) is 10.8. The highest BCUT2D eigenvalue weighted by Gasteiger charge is 2.08. The molecular formula is C14H15N5O. The summed E-state index contributed by atoms with van der Waals surface area (Å²) in [4.78, 5) is 0. The molecule has 0 aliphatic carbocycles. The molecule has 0 unspecified atom stereocenters. The van der Waals surface area contributed by atoms with Crippen molar-refractivity contribution in [2.45, 2.75) is 13.0 Å². The van der Waals surface area contributed by atoms with Gasteiger partial charge in [-0.1, -0.05) is 40.7 Å². The van der Waals surface area contributed by atoms with Crippen LogP contribution in [0.2, 0.25) is 0 Å². The lowest BCUT2D eigenvalue weighted by molar-refractivity contribution is 0.419. The molecule has 6 heteroatoms. The van der Waals surface area contributed by atoms with Crippen LogP contribution in [-0.4, -0.2) is 26.7 Å². The Labute approximate surface area is 116 Å². The van der Waals surface area contributed by atoms with Crippen molar-refractivity contribution >= 4 is 0 Å². The number of rotatable bonds is 5. The van der Waals surface area contributed by atoms with Crippen LogP contribution in [0.15, 0.2) is 47.1 Å². The van der Waals surface area contributed by atoms with Gasteiger partial charge < -0.3 is 10.3 Å². The second-order valence-electron chi connectivity index (χ2n) is 4.49. The first-order chi connectivity index (χ1) is 9.85. The number of benzene rings is 1. The lowest BCUT2D eigenvalue weighted by Crippen LogP contribution is -2.02. The summed E-state index contributed by atoms with van der Waals surface area (Å²) in [5.74, 6) is 0.753. The molecule has 1 aromatic carbocycles. The van der Waals surface area contributed by atoms with Crippen LogP contribution >= 0.6 is 0 Å². The second-order valence-corrected chi connectivity index (χ2v) is 4.49. The molecule has 2 N–H and O–H groups in total. The molecule has 2 aromatic heterocycles. The molecule has 0 fully saturated rings. The van der Waals surface area contributed by atoms with Crippen molar-refractivity contribution in [3.05, 3.63) is 54.0 Å². The molecule has 0 saturated heterocycles. The lowest BCUT2D eigenvalue weighted by Gasteiger charge is -1.93. The van der Waals surface area contributed by atoms with Gasteiger partial charge >= 0.3 is 0 Å². The highest BCUT2D eigenvalue weighted by atomic mass is 16.5. The van der Waals surface area contributed by atoms with E-state index in [1.807, 2.05) is 42.6 Å². The maximum atomic E-state index is 5.49. The third-order valence-corrected chi connectivity index (χ3v) is 2.93. The highest BCUT2D eigenvalue weighted by Crippen LogP contribution is 2.19. The van der Waals surface area contributed by atoms with Gasteiger partial charge in [0.1, 0.15) is 5.69 Å². The fourth-order valence-electron chi connectivity index (χ4n) is 1.97. The Balaban J connectivity index is 1.73. The monoisotopic (exact) mass is 269 g/mol. The first kappa shape index (κ1) is 12.6. The predicted molar refractivity (Wildman–Crippen MR) is 73.8 cm³/mol. The molecule has 0 atom stereocenters. The molecule has 0 aliphatic rings. The van der Waals surface area contributed by atoms with Gasteiger partial charge in [0.05, 0.1) is 12.2 Å². The summed E-state index contributed by atoms with van der Waals surface area (Å²) in [5.41, 5.74) is 8.19. The molecule has 0 saturated carbocycles. The van der Waals surface area contributed by atoms with E-state index in [0.717, 1.165) is 29.1 Å². The largest absolute Gasteiger partial charge is 0.356 e. The SMILES string of the molecule is NCCc1cn(Cc2cc(-c3ccccc3)on2)nn1. The first-order valence-corrected chi connectivity index (χ1v) is 6.45. The zero-order valence-corrected chi connectivity index (χ0v) is 10.9. The van der Waals surface area contributed by atoms with E-state index < -0.39 is 0 Å². The van der Waals surface area contributed by atoms with Crippen molar-refractivity contribution in [2.24, 2.45) is 5.73 Å². The molecule has 20 heavy (non-hydrogen) atoms. The van der Waals surface area contributed by atoms with E-state index in [4.69, 9.17) is 10.3 Å². The van der Waals surface area contributed by atoms with Crippen LogP contribution in [0.3, 0.4) is 0 Å². The van der Waals surface area contributed by atoms with Gasteiger partial charge in [0, 0.05) is 24.2 Å². The fraction of sp³-hybridized carbons (Fsp3) is 0.214. The Morgan fingerprint density at radius 2 is 2.00 bits per heavy atom.